The van der Waals surface area contributed by atoms with E-state index >= 15 is 0 Å². The van der Waals surface area contributed by atoms with Gasteiger partial charge in [-0.25, -0.2) is 22.7 Å². The van der Waals surface area contributed by atoms with E-state index < -0.39 is 24.2 Å². The Labute approximate surface area is 163 Å². The van der Waals surface area contributed by atoms with Crippen molar-refractivity contribution < 1.29 is 18.0 Å². The number of amides is 1. The van der Waals surface area contributed by atoms with Gasteiger partial charge in [-0.05, 0) is 18.6 Å². The van der Waals surface area contributed by atoms with E-state index in [9.17, 15) is 18.0 Å². The molecule has 1 amide bonds. The number of halogens is 3. The van der Waals surface area contributed by atoms with Crippen LogP contribution in [0.25, 0.3) is 5.52 Å². The zero-order valence-corrected chi connectivity index (χ0v) is 15.5. The highest BCUT2D eigenvalue weighted by atomic mass is 19.3. The maximum atomic E-state index is 13.9. The highest BCUT2D eigenvalue weighted by Gasteiger charge is 2.27. The van der Waals surface area contributed by atoms with Crippen molar-refractivity contribution in [1.82, 2.24) is 24.4 Å². The van der Waals surface area contributed by atoms with Gasteiger partial charge in [0, 0.05) is 25.8 Å². The first kappa shape index (κ1) is 19.2. The standard InChI is InChI=1S/C17H19F3N8O/c1-26-8-12(14(24-26)15(19)20)23-16(29)13-3-2-11-5-22-17(25-28(11)13)27-6-9(18)4-10(21)7-27/h2-3,5,8-10,15H,4,6-7,21H2,1H3,(H,23,29)/t9-,10-/m1/s1. The number of rotatable bonds is 4. The van der Waals surface area contributed by atoms with Crippen LogP contribution in [0.5, 0.6) is 0 Å². The van der Waals surface area contributed by atoms with Gasteiger partial charge in [-0.1, -0.05) is 0 Å². The molecular weight excluding hydrogens is 389 g/mol. The molecule has 0 aliphatic carbocycles. The van der Waals surface area contributed by atoms with Crippen LogP contribution in [0.3, 0.4) is 0 Å². The van der Waals surface area contributed by atoms with Crippen LogP contribution in [-0.2, 0) is 7.05 Å². The van der Waals surface area contributed by atoms with Crippen molar-refractivity contribution in [3.63, 3.8) is 0 Å². The average molecular weight is 408 g/mol. The van der Waals surface area contributed by atoms with Gasteiger partial charge in [0.15, 0.2) is 5.69 Å². The molecule has 3 aromatic rings. The number of nitrogens with one attached hydrogen (secondary N) is 1. The van der Waals surface area contributed by atoms with Gasteiger partial charge >= 0.3 is 0 Å². The van der Waals surface area contributed by atoms with E-state index in [0.717, 1.165) is 0 Å². The summed E-state index contributed by atoms with van der Waals surface area (Å²) < 4.78 is 42.6. The number of hydrogen-bond acceptors (Lipinski definition) is 6. The van der Waals surface area contributed by atoms with Crippen LogP contribution in [0.2, 0.25) is 0 Å². The maximum Gasteiger partial charge on any atom is 0.284 e. The molecule has 0 aromatic carbocycles. The van der Waals surface area contributed by atoms with Crippen molar-refractivity contribution in [1.29, 1.82) is 0 Å². The monoisotopic (exact) mass is 408 g/mol. The summed E-state index contributed by atoms with van der Waals surface area (Å²) in [5.41, 5.74) is 5.91. The minimum atomic E-state index is -2.83. The largest absolute Gasteiger partial charge is 0.335 e. The van der Waals surface area contributed by atoms with E-state index in [1.807, 2.05) is 0 Å². The predicted molar refractivity (Wildman–Crippen MR) is 98.8 cm³/mol. The lowest BCUT2D eigenvalue weighted by Crippen LogP contribution is -2.48. The molecule has 4 heterocycles. The number of aromatic nitrogens is 5. The highest BCUT2D eigenvalue weighted by molar-refractivity contribution is 6.04. The van der Waals surface area contributed by atoms with E-state index in [0.29, 0.717) is 12.1 Å². The smallest absolute Gasteiger partial charge is 0.284 e. The molecule has 0 bridgehead atoms. The summed E-state index contributed by atoms with van der Waals surface area (Å²) in [4.78, 5) is 18.5. The van der Waals surface area contributed by atoms with Crippen LogP contribution in [0.1, 0.15) is 29.0 Å². The van der Waals surface area contributed by atoms with Crippen LogP contribution in [-0.4, -0.2) is 55.6 Å². The van der Waals surface area contributed by atoms with Gasteiger partial charge < -0.3 is 16.0 Å². The Hall–Kier alpha value is -3.15. The highest BCUT2D eigenvalue weighted by Crippen LogP contribution is 2.26. The Morgan fingerprint density at radius 3 is 2.83 bits per heavy atom. The Morgan fingerprint density at radius 2 is 2.10 bits per heavy atom. The van der Waals surface area contributed by atoms with E-state index in [1.165, 1.54) is 34.7 Å². The zero-order valence-electron chi connectivity index (χ0n) is 15.5. The molecule has 4 rings (SSSR count). The van der Waals surface area contributed by atoms with E-state index in [-0.39, 0.29) is 36.3 Å². The Morgan fingerprint density at radius 1 is 1.31 bits per heavy atom. The molecule has 0 unspecified atom stereocenters. The lowest BCUT2D eigenvalue weighted by molar-refractivity contribution is 0.101. The molecule has 1 fully saturated rings. The molecule has 0 spiro atoms. The molecule has 9 nitrogen and oxygen atoms in total. The normalized spacial score (nSPS) is 19.9. The third kappa shape index (κ3) is 3.75. The molecule has 0 radical (unpaired) electrons. The Bertz CT molecular complexity index is 1040. The molecular formula is C17H19F3N8O. The maximum absolute atomic E-state index is 13.9. The lowest BCUT2D eigenvalue weighted by atomic mass is 10.1. The molecule has 154 valence electrons. The second-order valence-corrected chi connectivity index (χ2v) is 6.97. The summed E-state index contributed by atoms with van der Waals surface area (Å²) in [6.07, 6.45) is -0.855. The molecule has 1 aliphatic rings. The second kappa shape index (κ2) is 7.35. The molecule has 3 N–H and O–H groups in total. The number of anilines is 2. The van der Waals surface area contributed by atoms with Gasteiger partial charge in [0.25, 0.3) is 12.3 Å². The molecule has 1 saturated heterocycles. The molecule has 3 aromatic heterocycles. The topological polar surface area (TPSA) is 106 Å². The van der Waals surface area contributed by atoms with Gasteiger partial charge in [-0.3, -0.25) is 9.48 Å². The Balaban J connectivity index is 1.63. The first-order valence-corrected chi connectivity index (χ1v) is 8.94. The summed E-state index contributed by atoms with van der Waals surface area (Å²) in [6, 6.07) is 2.78. The fourth-order valence-electron chi connectivity index (χ4n) is 3.40. The first-order chi connectivity index (χ1) is 13.8. The van der Waals surface area contributed by atoms with Crippen molar-refractivity contribution >= 4 is 23.1 Å². The van der Waals surface area contributed by atoms with E-state index in [2.05, 4.69) is 20.5 Å². The molecule has 12 heteroatoms. The van der Waals surface area contributed by atoms with Crippen molar-refractivity contribution in [2.75, 3.05) is 23.3 Å². The third-order valence-electron chi connectivity index (χ3n) is 4.65. The predicted octanol–water partition coefficient (Wildman–Crippen LogP) is 1.53. The third-order valence-corrected chi connectivity index (χ3v) is 4.65. The van der Waals surface area contributed by atoms with E-state index in [4.69, 9.17) is 5.73 Å². The SMILES string of the molecule is Cn1cc(NC(=O)c2ccc3cnc(N4C[C@H](N)C[C@@H](F)C4)nn23)c(C(F)F)n1. The van der Waals surface area contributed by atoms with Crippen LogP contribution in [0.15, 0.2) is 24.5 Å². The quantitative estimate of drug-likeness (QED) is 0.678. The fourth-order valence-corrected chi connectivity index (χ4v) is 3.40. The summed E-state index contributed by atoms with van der Waals surface area (Å²) in [6.45, 7) is 0.498. The van der Waals surface area contributed by atoms with Gasteiger partial charge in [0.05, 0.1) is 23.9 Å². The summed E-state index contributed by atoms with van der Waals surface area (Å²) in [5, 5.41) is 10.4. The number of aryl methyl sites for hydroxylation is 1. The number of hydrogen-bond donors (Lipinski definition) is 2. The lowest BCUT2D eigenvalue weighted by Gasteiger charge is -2.32. The molecule has 0 saturated carbocycles. The number of carbonyl (C=O) groups is 1. The number of alkyl halides is 3. The van der Waals surface area contributed by atoms with Crippen LogP contribution in [0, 0.1) is 0 Å². The number of carbonyl (C=O) groups excluding carboxylic acids is 1. The fraction of sp³-hybridized carbons (Fsp3) is 0.412. The van der Waals surface area contributed by atoms with Crippen molar-refractivity contribution in [3.8, 4) is 0 Å². The summed E-state index contributed by atoms with van der Waals surface area (Å²) in [7, 11) is 1.48. The van der Waals surface area contributed by atoms with Crippen molar-refractivity contribution in [2.24, 2.45) is 12.8 Å². The molecule has 1 aliphatic heterocycles. The summed E-state index contributed by atoms with van der Waals surface area (Å²) >= 11 is 0. The minimum absolute atomic E-state index is 0.0843. The number of fused-ring (bicyclic) bond motifs is 1. The van der Waals surface area contributed by atoms with Gasteiger partial charge in [0.2, 0.25) is 5.95 Å². The molecule has 2 atom stereocenters. The van der Waals surface area contributed by atoms with Crippen LogP contribution < -0.4 is 16.0 Å². The molecule has 29 heavy (non-hydrogen) atoms. The van der Waals surface area contributed by atoms with E-state index in [1.54, 1.807) is 11.0 Å². The number of nitrogens with zero attached hydrogens (tertiary/aromatic N) is 6. The van der Waals surface area contributed by atoms with Gasteiger partial charge in [0.1, 0.15) is 11.9 Å². The number of piperidine rings is 1. The number of nitrogens with two attached hydrogens (primary N) is 1. The van der Waals surface area contributed by atoms with Gasteiger partial charge in [-0.2, -0.15) is 5.10 Å². The van der Waals surface area contributed by atoms with Crippen molar-refractivity contribution in [2.45, 2.75) is 25.1 Å². The first-order valence-electron chi connectivity index (χ1n) is 8.94. The average Bonchev–Trinajstić information content (AvgIpc) is 3.23. The van der Waals surface area contributed by atoms with Crippen LogP contribution >= 0.6 is 0 Å². The summed E-state index contributed by atoms with van der Waals surface area (Å²) in [5.74, 6) is -0.404. The second-order valence-electron chi connectivity index (χ2n) is 6.97. The van der Waals surface area contributed by atoms with Gasteiger partial charge in [-0.15, -0.1) is 5.10 Å². The Kier molecular flexibility index (Phi) is 4.86. The zero-order chi connectivity index (χ0) is 20.7. The van der Waals surface area contributed by atoms with Crippen molar-refractivity contribution in [3.05, 3.63) is 35.9 Å². The van der Waals surface area contributed by atoms with Crippen LogP contribution in [0.4, 0.5) is 24.8 Å². The minimum Gasteiger partial charge on any atom is -0.335 e.